The zero-order valence-corrected chi connectivity index (χ0v) is 26.3. The number of aromatic hydroxyl groups is 1. The molecule has 1 N–H and O–H groups in total. The standard InChI is InChI=1S/C33H37F2N7O3/c1-19(2)28-30(20(3)12-13-36-28)42-32-22(17-24(35)29(37-32)27-23(34)9-7-10-25(27)43)31(38-33(42)45)41-16-15-40(18-21(41)4)26(44)11-8-14-39(5)6/h7-13,17,19,21,43H,14-16,18H2,1-6H3/b11-8+. The lowest BCUT2D eigenvalue weighted by molar-refractivity contribution is -0.126. The Hall–Kier alpha value is -4.71. The van der Waals surface area contributed by atoms with E-state index in [1.165, 1.54) is 22.8 Å². The molecule has 0 radical (unpaired) electrons. The fourth-order valence-corrected chi connectivity index (χ4v) is 5.68. The van der Waals surface area contributed by atoms with Crippen LogP contribution in [0.2, 0.25) is 0 Å². The lowest BCUT2D eigenvalue weighted by Crippen LogP contribution is -2.54. The fourth-order valence-electron chi connectivity index (χ4n) is 5.68. The molecule has 0 bridgehead atoms. The largest absolute Gasteiger partial charge is 0.507 e. The molecule has 10 nitrogen and oxygen atoms in total. The molecule has 1 aliphatic heterocycles. The summed E-state index contributed by atoms with van der Waals surface area (Å²) in [5, 5.41) is 10.7. The summed E-state index contributed by atoms with van der Waals surface area (Å²) in [5.41, 5.74) is 0.300. The highest BCUT2D eigenvalue weighted by Gasteiger charge is 2.31. The lowest BCUT2D eigenvalue weighted by Gasteiger charge is -2.40. The predicted octanol–water partition coefficient (Wildman–Crippen LogP) is 4.41. The summed E-state index contributed by atoms with van der Waals surface area (Å²) in [6, 6.07) is 6.31. The predicted molar refractivity (Wildman–Crippen MR) is 170 cm³/mol. The van der Waals surface area contributed by atoms with Crippen LogP contribution in [0.4, 0.5) is 14.6 Å². The number of carbonyl (C=O) groups excluding carboxylic acids is 1. The number of carbonyl (C=O) groups is 1. The number of phenols is 1. The van der Waals surface area contributed by atoms with Crippen LogP contribution in [0.3, 0.4) is 0 Å². The Morgan fingerprint density at radius 3 is 2.58 bits per heavy atom. The van der Waals surface area contributed by atoms with Crippen molar-refractivity contribution in [3.05, 3.63) is 82.1 Å². The number of nitrogens with zero attached hydrogens (tertiary/aromatic N) is 7. The van der Waals surface area contributed by atoms with E-state index in [4.69, 9.17) is 0 Å². The number of likely N-dealkylation sites (N-methyl/N-ethyl adjacent to an activating group) is 1. The third-order valence-corrected chi connectivity index (χ3v) is 7.90. The third-order valence-electron chi connectivity index (χ3n) is 7.90. The number of halogens is 2. The van der Waals surface area contributed by atoms with E-state index < -0.39 is 34.3 Å². The van der Waals surface area contributed by atoms with Crippen molar-refractivity contribution >= 4 is 22.8 Å². The smallest absolute Gasteiger partial charge is 0.355 e. The Bertz CT molecular complexity index is 1830. The quantitative estimate of drug-likeness (QED) is 0.304. The number of piperazine rings is 1. The molecule has 1 amide bonds. The van der Waals surface area contributed by atoms with Gasteiger partial charge in [0.05, 0.1) is 22.3 Å². The molecule has 0 spiro atoms. The Morgan fingerprint density at radius 1 is 1.16 bits per heavy atom. The number of fused-ring (bicyclic) bond motifs is 1. The molecule has 12 heteroatoms. The zero-order chi connectivity index (χ0) is 32.6. The second-order valence-electron chi connectivity index (χ2n) is 11.9. The highest BCUT2D eigenvalue weighted by atomic mass is 19.1. The average molecular weight is 618 g/mol. The van der Waals surface area contributed by atoms with Crippen LogP contribution in [-0.4, -0.2) is 86.6 Å². The Morgan fingerprint density at radius 2 is 1.91 bits per heavy atom. The lowest BCUT2D eigenvalue weighted by atomic mass is 10.0. The topological polar surface area (TPSA) is 108 Å². The van der Waals surface area contributed by atoms with Crippen molar-refractivity contribution in [3.63, 3.8) is 0 Å². The number of rotatable bonds is 7. The summed E-state index contributed by atoms with van der Waals surface area (Å²) in [5.74, 6) is -2.24. The molecular formula is C33H37F2N7O3. The number of aryl methyl sites for hydroxylation is 1. The van der Waals surface area contributed by atoms with Gasteiger partial charge in [-0.05, 0) is 63.7 Å². The number of aromatic nitrogens is 4. The van der Waals surface area contributed by atoms with Crippen molar-refractivity contribution < 1.29 is 18.7 Å². The van der Waals surface area contributed by atoms with Crippen molar-refractivity contribution in [2.45, 2.75) is 39.7 Å². The molecule has 4 aromatic rings. The van der Waals surface area contributed by atoms with Gasteiger partial charge in [0, 0.05) is 44.5 Å². The number of benzene rings is 1. The number of phenolic OH excluding ortho intramolecular Hbond substituents is 1. The highest BCUT2D eigenvalue weighted by molar-refractivity contribution is 5.91. The SMILES string of the molecule is Cc1ccnc(C(C)C)c1-n1c(=O)nc(N2CCN(C(=O)/C=C/CN(C)C)CC2C)c2cc(F)c(-c3c(O)cccc3F)nc21. The third kappa shape index (κ3) is 6.15. The van der Waals surface area contributed by atoms with Crippen molar-refractivity contribution in [1.82, 2.24) is 29.3 Å². The van der Waals surface area contributed by atoms with E-state index in [1.807, 2.05) is 51.6 Å². The maximum absolute atomic E-state index is 15.9. The molecule has 3 aromatic heterocycles. The van der Waals surface area contributed by atoms with Gasteiger partial charge in [-0.15, -0.1) is 0 Å². The molecule has 0 saturated carbocycles. The first kappa shape index (κ1) is 31.7. The summed E-state index contributed by atoms with van der Waals surface area (Å²) in [4.78, 5) is 45.9. The van der Waals surface area contributed by atoms with Gasteiger partial charge in [-0.3, -0.25) is 9.78 Å². The highest BCUT2D eigenvalue weighted by Crippen LogP contribution is 2.36. The Labute approximate surface area is 260 Å². The molecule has 4 heterocycles. The monoisotopic (exact) mass is 617 g/mol. The molecule has 1 aromatic carbocycles. The first-order valence-corrected chi connectivity index (χ1v) is 14.8. The van der Waals surface area contributed by atoms with E-state index in [-0.39, 0.29) is 34.7 Å². The number of hydrogen-bond donors (Lipinski definition) is 1. The minimum absolute atomic E-state index is 0.0411. The van der Waals surface area contributed by atoms with Gasteiger partial charge in [0.15, 0.2) is 11.5 Å². The summed E-state index contributed by atoms with van der Waals surface area (Å²) in [6.45, 7) is 9.29. The van der Waals surface area contributed by atoms with Crippen molar-refractivity contribution in [2.24, 2.45) is 0 Å². The number of hydrogen-bond acceptors (Lipinski definition) is 8. The van der Waals surface area contributed by atoms with E-state index in [9.17, 15) is 19.1 Å². The van der Waals surface area contributed by atoms with Crippen molar-refractivity contribution in [1.29, 1.82) is 0 Å². The second-order valence-corrected chi connectivity index (χ2v) is 11.9. The second kappa shape index (κ2) is 12.7. The average Bonchev–Trinajstić information content (AvgIpc) is 2.97. The summed E-state index contributed by atoms with van der Waals surface area (Å²) < 4.78 is 32.2. The maximum Gasteiger partial charge on any atom is 0.355 e. The molecule has 1 fully saturated rings. The van der Waals surface area contributed by atoms with Gasteiger partial charge in [0.2, 0.25) is 5.91 Å². The van der Waals surface area contributed by atoms with Gasteiger partial charge in [0.25, 0.3) is 0 Å². The van der Waals surface area contributed by atoms with E-state index in [2.05, 4.69) is 15.0 Å². The van der Waals surface area contributed by atoms with E-state index in [0.29, 0.717) is 37.6 Å². The first-order chi connectivity index (χ1) is 21.4. The van der Waals surface area contributed by atoms with Gasteiger partial charge in [0.1, 0.15) is 23.1 Å². The molecule has 1 atom stereocenters. The molecule has 236 valence electrons. The summed E-state index contributed by atoms with van der Waals surface area (Å²) in [7, 11) is 3.83. The molecule has 1 aliphatic rings. The molecule has 1 unspecified atom stereocenters. The summed E-state index contributed by atoms with van der Waals surface area (Å²) >= 11 is 0. The van der Waals surface area contributed by atoms with Gasteiger partial charge >= 0.3 is 5.69 Å². The number of anilines is 1. The van der Waals surface area contributed by atoms with Gasteiger partial charge in [-0.2, -0.15) is 4.98 Å². The van der Waals surface area contributed by atoms with Gasteiger partial charge in [-0.1, -0.05) is 26.0 Å². The van der Waals surface area contributed by atoms with Crippen LogP contribution in [0, 0.1) is 18.6 Å². The van der Waals surface area contributed by atoms with E-state index in [1.54, 1.807) is 29.3 Å². The minimum atomic E-state index is -0.893. The van der Waals surface area contributed by atoms with Gasteiger partial charge < -0.3 is 19.8 Å². The van der Waals surface area contributed by atoms with Crippen molar-refractivity contribution in [3.8, 4) is 22.7 Å². The Kier molecular flexibility index (Phi) is 8.96. The fraction of sp³-hybridized carbons (Fsp3) is 0.364. The number of pyridine rings is 2. The molecule has 1 saturated heterocycles. The van der Waals surface area contributed by atoms with Crippen LogP contribution in [0.5, 0.6) is 5.75 Å². The van der Waals surface area contributed by atoms with Crippen LogP contribution < -0.4 is 10.6 Å². The van der Waals surface area contributed by atoms with Crippen LogP contribution >= 0.6 is 0 Å². The molecule has 0 aliphatic carbocycles. The van der Waals surface area contributed by atoms with E-state index in [0.717, 1.165) is 11.6 Å². The molecular weight excluding hydrogens is 580 g/mol. The van der Waals surface area contributed by atoms with Crippen molar-refractivity contribution in [2.75, 3.05) is 45.2 Å². The molecule has 45 heavy (non-hydrogen) atoms. The summed E-state index contributed by atoms with van der Waals surface area (Å²) in [6.07, 6.45) is 5.01. The van der Waals surface area contributed by atoms with E-state index >= 15 is 4.39 Å². The van der Waals surface area contributed by atoms with Crippen LogP contribution in [0.1, 0.15) is 37.9 Å². The van der Waals surface area contributed by atoms with Crippen LogP contribution in [-0.2, 0) is 4.79 Å². The van der Waals surface area contributed by atoms with Crippen LogP contribution in [0.15, 0.2) is 53.5 Å². The number of amides is 1. The first-order valence-electron chi connectivity index (χ1n) is 14.8. The Balaban J connectivity index is 1.70. The van der Waals surface area contributed by atoms with Crippen LogP contribution in [0.25, 0.3) is 28.0 Å². The maximum atomic E-state index is 15.9. The molecule has 5 rings (SSSR count). The zero-order valence-electron chi connectivity index (χ0n) is 26.3. The minimum Gasteiger partial charge on any atom is -0.507 e. The van der Waals surface area contributed by atoms with Gasteiger partial charge in [-0.25, -0.2) is 23.1 Å². The normalized spacial score (nSPS) is 15.6.